The van der Waals surface area contributed by atoms with Gasteiger partial charge in [-0.2, -0.15) is 0 Å². The average molecular weight is 291 g/mol. The van der Waals surface area contributed by atoms with Gasteiger partial charge < -0.3 is 19.9 Å². The molecule has 0 fully saturated rings. The van der Waals surface area contributed by atoms with Crippen molar-refractivity contribution in [3.63, 3.8) is 0 Å². The van der Waals surface area contributed by atoms with Crippen molar-refractivity contribution in [2.45, 2.75) is 6.04 Å². The maximum atomic E-state index is 13.6. The number of halogens is 1. The van der Waals surface area contributed by atoms with E-state index in [2.05, 4.69) is 0 Å². The van der Waals surface area contributed by atoms with Crippen molar-refractivity contribution in [1.82, 2.24) is 0 Å². The van der Waals surface area contributed by atoms with Gasteiger partial charge in [-0.05, 0) is 6.07 Å². The summed E-state index contributed by atoms with van der Waals surface area (Å²) in [5.74, 6) is 1.45. The molecule has 2 aromatic rings. The number of ether oxygens (including phenoxy) is 3. The van der Waals surface area contributed by atoms with Crippen LogP contribution >= 0.6 is 0 Å². The molecular weight excluding hydrogens is 273 g/mol. The summed E-state index contributed by atoms with van der Waals surface area (Å²) in [7, 11) is 3.12. The zero-order valence-corrected chi connectivity index (χ0v) is 12.0. The van der Waals surface area contributed by atoms with E-state index in [0.29, 0.717) is 22.8 Å². The molecule has 0 bridgehead atoms. The summed E-state index contributed by atoms with van der Waals surface area (Å²) < 4.78 is 29.6. The summed E-state index contributed by atoms with van der Waals surface area (Å²) in [4.78, 5) is 0. The molecule has 0 aliphatic heterocycles. The van der Waals surface area contributed by atoms with Crippen LogP contribution in [0.2, 0.25) is 0 Å². The highest BCUT2D eigenvalue weighted by Gasteiger charge is 2.12. The first-order chi connectivity index (χ1) is 10.1. The molecule has 2 rings (SSSR count). The van der Waals surface area contributed by atoms with Crippen molar-refractivity contribution in [2.24, 2.45) is 5.73 Å². The van der Waals surface area contributed by atoms with Crippen LogP contribution in [-0.4, -0.2) is 20.8 Å². The molecule has 0 heterocycles. The van der Waals surface area contributed by atoms with Crippen LogP contribution in [0.4, 0.5) is 4.39 Å². The smallest absolute Gasteiger partial charge is 0.128 e. The van der Waals surface area contributed by atoms with Crippen LogP contribution in [0, 0.1) is 5.82 Å². The number of hydrogen-bond donors (Lipinski definition) is 1. The fourth-order valence-electron chi connectivity index (χ4n) is 1.92. The number of rotatable bonds is 6. The second-order valence-electron chi connectivity index (χ2n) is 4.49. The molecule has 0 aliphatic rings. The molecular formula is C16H18FNO3. The van der Waals surface area contributed by atoms with E-state index in [1.165, 1.54) is 6.07 Å². The fourth-order valence-corrected chi connectivity index (χ4v) is 1.92. The van der Waals surface area contributed by atoms with E-state index in [1.54, 1.807) is 50.6 Å². The zero-order chi connectivity index (χ0) is 15.2. The Bertz CT molecular complexity index is 582. The van der Waals surface area contributed by atoms with E-state index < -0.39 is 6.04 Å². The van der Waals surface area contributed by atoms with Crippen LogP contribution in [0.3, 0.4) is 0 Å². The Balaban J connectivity index is 2.07. The lowest BCUT2D eigenvalue weighted by molar-refractivity contribution is 0.283. The van der Waals surface area contributed by atoms with Gasteiger partial charge in [-0.25, -0.2) is 4.39 Å². The summed E-state index contributed by atoms with van der Waals surface area (Å²) in [6, 6.07) is 11.0. The molecule has 0 saturated carbocycles. The quantitative estimate of drug-likeness (QED) is 0.889. The number of nitrogens with two attached hydrogens (primary N) is 1. The Hall–Kier alpha value is -2.27. The minimum Gasteiger partial charge on any atom is -0.496 e. The minimum absolute atomic E-state index is 0.150. The van der Waals surface area contributed by atoms with Gasteiger partial charge in [-0.3, -0.25) is 0 Å². The average Bonchev–Trinajstić information content (AvgIpc) is 2.52. The number of benzene rings is 2. The van der Waals surface area contributed by atoms with Gasteiger partial charge >= 0.3 is 0 Å². The van der Waals surface area contributed by atoms with Crippen LogP contribution in [0.1, 0.15) is 11.6 Å². The Morgan fingerprint density at radius 1 is 1.00 bits per heavy atom. The predicted molar refractivity (Wildman–Crippen MR) is 78.4 cm³/mol. The van der Waals surface area contributed by atoms with Crippen molar-refractivity contribution in [1.29, 1.82) is 0 Å². The van der Waals surface area contributed by atoms with Crippen LogP contribution < -0.4 is 19.9 Å². The third-order valence-corrected chi connectivity index (χ3v) is 3.06. The molecule has 112 valence electrons. The van der Waals surface area contributed by atoms with E-state index in [4.69, 9.17) is 19.9 Å². The molecule has 0 spiro atoms. The Labute approximate surface area is 123 Å². The van der Waals surface area contributed by atoms with E-state index in [0.717, 1.165) is 0 Å². The van der Waals surface area contributed by atoms with Gasteiger partial charge in [-0.15, -0.1) is 0 Å². The third kappa shape index (κ3) is 3.86. The number of hydrogen-bond acceptors (Lipinski definition) is 4. The SMILES string of the molecule is COc1cc(OC)cc(OCC(N)c2ccccc2F)c1. The van der Waals surface area contributed by atoms with Crippen LogP contribution in [0.5, 0.6) is 17.2 Å². The Morgan fingerprint density at radius 2 is 1.57 bits per heavy atom. The van der Waals surface area contributed by atoms with Gasteiger partial charge in [0.05, 0.1) is 20.3 Å². The lowest BCUT2D eigenvalue weighted by atomic mass is 10.1. The fraction of sp³-hybridized carbons (Fsp3) is 0.250. The molecule has 0 saturated heterocycles. The lowest BCUT2D eigenvalue weighted by Gasteiger charge is -2.15. The van der Waals surface area contributed by atoms with Gasteiger partial charge in [0.15, 0.2) is 0 Å². The molecule has 2 aromatic carbocycles. The second-order valence-corrected chi connectivity index (χ2v) is 4.49. The highest BCUT2D eigenvalue weighted by Crippen LogP contribution is 2.28. The Morgan fingerprint density at radius 3 is 2.14 bits per heavy atom. The van der Waals surface area contributed by atoms with Crippen LogP contribution in [0.15, 0.2) is 42.5 Å². The van der Waals surface area contributed by atoms with E-state index >= 15 is 0 Å². The normalized spacial score (nSPS) is 11.8. The standard InChI is InChI=1S/C16H18FNO3/c1-19-11-7-12(20-2)9-13(8-11)21-10-16(18)14-5-3-4-6-15(14)17/h3-9,16H,10,18H2,1-2H3. The minimum atomic E-state index is -0.552. The van der Waals surface area contributed by atoms with Crippen molar-refractivity contribution in [3.05, 3.63) is 53.8 Å². The molecule has 0 aromatic heterocycles. The highest BCUT2D eigenvalue weighted by atomic mass is 19.1. The molecule has 0 radical (unpaired) electrons. The summed E-state index contributed by atoms with van der Waals surface area (Å²) in [6.45, 7) is 0.150. The number of methoxy groups -OCH3 is 2. The van der Waals surface area contributed by atoms with E-state index in [9.17, 15) is 4.39 Å². The first kappa shape index (κ1) is 15.1. The maximum absolute atomic E-state index is 13.6. The molecule has 21 heavy (non-hydrogen) atoms. The molecule has 2 N–H and O–H groups in total. The lowest BCUT2D eigenvalue weighted by Crippen LogP contribution is -2.20. The van der Waals surface area contributed by atoms with Gasteiger partial charge in [0.25, 0.3) is 0 Å². The van der Waals surface area contributed by atoms with E-state index in [1.807, 2.05) is 0 Å². The van der Waals surface area contributed by atoms with Crippen molar-refractivity contribution in [3.8, 4) is 17.2 Å². The maximum Gasteiger partial charge on any atom is 0.128 e. The first-order valence-corrected chi connectivity index (χ1v) is 6.50. The topological polar surface area (TPSA) is 53.7 Å². The summed E-state index contributed by atoms with van der Waals surface area (Å²) in [6.07, 6.45) is 0. The largest absolute Gasteiger partial charge is 0.496 e. The first-order valence-electron chi connectivity index (χ1n) is 6.50. The van der Waals surface area contributed by atoms with Crippen molar-refractivity contribution in [2.75, 3.05) is 20.8 Å². The van der Waals surface area contributed by atoms with Gasteiger partial charge in [0.1, 0.15) is 29.7 Å². The van der Waals surface area contributed by atoms with Crippen LogP contribution in [-0.2, 0) is 0 Å². The van der Waals surface area contributed by atoms with Gasteiger partial charge in [0, 0.05) is 23.8 Å². The zero-order valence-electron chi connectivity index (χ0n) is 12.0. The molecule has 4 nitrogen and oxygen atoms in total. The molecule has 0 aliphatic carbocycles. The van der Waals surface area contributed by atoms with Gasteiger partial charge in [-0.1, -0.05) is 18.2 Å². The van der Waals surface area contributed by atoms with Crippen molar-refractivity contribution >= 4 is 0 Å². The van der Waals surface area contributed by atoms with Crippen LogP contribution in [0.25, 0.3) is 0 Å². The summed E-state index contributed by atoms with van der Waals surface area (Å²) in [5.41, 5.74) is 6.38. The second kappa shape index (κ2) is 6.95. The Kier molecular flexibility index (Phi) is 5.00. The third-order valence-electron chi connectivity index (χ3n) is 3.06. The van der Waals surface area contributed by atoms with Gasteiger partial charge in [0.2, 0.25) is 0 Å². The molecule has 5 heteroatoms. The predicted octanol–water partition coefficient (Wildman–Crippen LogP) is 2.92. The summed E-state index contributed by atoms with van der Waals surface area (Å²) in [5, 5.41) is 0. The molecule has 1 unspecified atom stereocenters. The van der Waals surface area contributed by atoms with E-state index in [-0.39, 0.29) is 12.4 Å². The monoisotopic (exact) mass is 291 g/mol. The summed E-state index contributed by atoms with van der Waals surface area (Å²) >= 11 is 0. The molecule has 0 amide bonds. The molecule has 1 atom stereocenters. The highest BCUT2D eigenvalue weighted by molar-refractivity contribution is 5.42. The van der Waals surface area contributed by atoms with Crippen molar-refractivity contribution < 1.29 is 18.6 Å².